The van der Waals surface area contributed by atoms with Crippen LogP contribution in [0.15, 0.2) is 0 Å². The number of carbonyl (C=O) groups excluding carboxylic acids is 1. The van der Waals surface area contributed by atoms with Crippen molar-refractivity contribution < 1.29 is 9.53 Å². The third-order valence-corrected chi connectivity index (χ3v) is 2.22. The van der Waals surface area contributed by atoms with Gasteiger partial charge in [-0.15, -0.1) is 0 Å². The molecule has 1 unspecified atom stereocenters. The average molecular weight is 215 g/mol. The minimum absolute atomic E-state index is 0.133. The summed E-state index contributed by atoms with van der Waals surface area (Å²) in [5.41, 5.74) is -0.374. The van der Waals surface area contributed by atoms with Crippen LogP contribution in [0.1, 0.15) is 48.0 Å². The minimum atomic E-state index is -0.374. The van der Waals surface area contributed by atoms with E-state index in [1.165, 1.54) is 0 Å². The first-order valence-corrected chi connectivity index (χ1v) is 5.67. The van der Waals surface area contributed by atoms with Crippen molar-refractivity contribution in [1.82, 2.24) is 5.32 Å². The van der Waals surface area contributed by atoms with Gasteiger partial charge in [0.15, 0.2) is 0 Å². The first kappa shape index (κ1) is 14.4. The molecular formula is C12H25NO2. The van der Waals surface area contributed by atoms with Gasteiger partial charge in [0.1, 0.15) is 5.60 Å². The Morgan fingerprint density at radius 1 is 1.27 bits per heavy atom. The third-order valence-electron chi connectivity index (χ3n) is 2.22. The molecule has 1 atom stereocenters. The quantitative estimate of drug-likeness (QED) is 0.715. The maximum Gasteiger partial charge on any atom is 0.307 e. The third kappa shape index (κ3) is 8.43. The summed E-state index contributed by atoms with van der Waals surface area (Å²) in [5.74, 6) is 0.453. The molecular weight excluding hydrogens is 190 g/mol. The molecule has 0 heterocycles. The maximum absolute atomic E-state index is 11.3. The molecule has 0 aliphatic heterocycles. The Morgan fingerprint density at radius 2 is 1.80 bits per heavy atom. The second-order valence-corrected chi connectivity index (χ2v) is 5.32. The topological polar surface area (TPSA) is 38.3 Å². The van der Waals surface area contributed by atoms with E-state index >= 15 is 0 Å². The molecule has 15 heavy (non-hydrogen) atoms. The van der Waals surface area contributed by atoms with E-state index in [0.717, 1.165) is 0 Å². The summed E-state index contributed by atoms with van der Waals surface area (Å²) in [6.45, 7) is 12.8. The smallest absolute Gasteiger partial charge is 0.307 e. The van der Waals surface area contributed by atoms with E-state index < -0.39 is 0 Å². The molecule has 0 fully saturated rings. The number of nitrogens with one attached hydrogen (secondary N) is 1. The van der Waals surface area contributed by atoms with Crippen LogP contribution in [0.2, 0.25) is 0 Å². The number of esters is 1. The molecule has 0 bridgehead atoms. The van der Waals surface area contributed by atoms with Crippen molar-refractivity contribution >= 4 is 5.97 Å². The van der Waals surface area contributed by atoms with Gasteiger partial charge in [-0.05, 0) is 33.6 Å². The molecule has 3 heteroatoms. The lowest BCUT2D eigenvalue weighted by Gasteiger charge is -2.21. The Balaban J connectivity index is 3.65. The fourth-order valence-electron chi connectivity index (χ4n) is 1.03. The highest BCUT2D eigenvalue weighted by Crippen LogP contribution is 2.08. The van der Waals surface area contributed by atoms with Gasteiger partial charge < -0.3 is 10.1 Å². The molecule has 0 rings (SSSR count). The van der Waals surface area contributed by atoms with E-state index in [0.29, 0.717) is 24.9 Å². The molecule has 0 spiro atoms. The molecule has 0 aromatic carbocycles. The summed E-state index contributed by atoms with van der Waals surface area (Å²) in [4.78, 5) is 11.3. The van der Waals surface area contributed by atoms with Gasteiger partial charge in [0, 0.05) is 12.6 Å². The lowest BCUT2D eigenvalue weighted by Crippen LogP contribution is -2.33. The summed E-state index contributed by atoms with van der Waals surface area (Å²) in [7, 11) is 0. The van der Waals surface area contributed by atoms with Gasteiger partial charge in [-0.1, -0.05) is 13.8 Å². The Morgan fingerprint density at radius 3 is 2.20 bits per heavy atom. The summed E-state index contributed by atoms with van der Waals surface area (Å²) in [6, 6.07) is 0.437. The van der Waals surface area contributed by atoms with Crippen molar-refractivity contribution in [2.24, 2.45) is 5.92 Å². The molecule has 0 saturated heterocycles. The molecule has 3 nitrogen and oxygen atoms in total. The lowest BCUT2D eigenvalue weighted by atomic mass is 10.1. The zero-order chi connectivity index (χ0) is 12.1. The summed E-state index contributed by atoms with van der Waals surface area (Å²) in [6.07, 6.45) is 0.439. The highest BCUT2D eigenvalue weighted by molar-refractivity contribution is 5.70. The van der Waals surface area contributed by atoms with Crippen LogP contribution >= 0.6 is 0 Å². The Hall–Kier alpha value is -0.570. The van der Waals surface area contributed by atoms with Crippen LogP contribution in [-0.4, -0.2) is 24.2 Å². The first-order chi connectivity index (χ1) is 6.72. The Kier molecular flexibility index (Phi) is 5.88. The minimum Gasteiger partial charge on any atom is -0.460 e. The number of ether oxygens (including phenoxy) is 1. The Bertz CT molecular complexity index is 194. The van der Waals surface area contributed by atoms with Crippen LogP contribution in [0.4, 0.5) is 0 Å². The number of hydrogen-bond acceptors (Lipinski definition) is 3. The largest absolute Gasteiger partial charge is 0.460 e. The summed E-state index contributed by atoms with van der Waals surface area (Å²) in [5, 5.41) is 3.30. The molecule has 1 N–H and O–H groups in total. The lowest BCUT2D eigenvalue weighted by molar-refractivity contribution is -0.154. The first-order valence-electron chi connectivity index (χ1n) is 5.67. The fourth-order valence-corrected chi connectivity index (χ4v) is 1.03. The van der Waals surface area contributed by atoms with Crippen LogP contribution < -0.4 is 5.32 Å². The van der Waals surface area contributed by atoms with Crippen molar-refractivity contribution in [1.29, 1.82) is 0 Å². The van der Waals surface area contributed by atoms with E-state index in [9.17, 15) is 4.79 Å². The second kappa shape index (κ2) is 6.11. The predicted octanol–water partition coefficient (Wildman–Crippen LogP) is 2.35. The van der Waals surface area contributed by atoms with Crippen LogP contribution in [-0.2, 0) is 9.53 Å². The van der Waals surface area contributed by atoms with E-state index in [1.807, 2.05) is 20.8 Å². The Labute approximate surface area is 93.6 Å². The molecule has 0 aliphatic carbocycles. The zero-order valence-corrected chi connectivity index (χ0v) is 10.9. The van der Waals surface area contributed by atoms with Gasteiger partial charge in [-0.25, -0.2) is 0 Å². The van der Waals surface area contributed by atoms with Crippen molar-refractivity contribution in [3.63, 3.8) is 0 Å². The van der Waals surface area contributed by atoms with Crippen LogP contribution in [0.3, 0.4) is 0 Å². The number of rotatable bonds is 5. The SMILES string of the molecule is CC(C)C(C)NCCC(=O)OC(C)(C)C. The van der Waals surface area contributed by atoms with E-state index in [4.69, 9.17) is 4.74 Å². The van der Waals surface area contributed by atoms with Crippen LogP contribution in [0.25, 0.3) is 0 Å². The van der Waals surface area contributed by atoms with Crippen molar-refractivity contribution in [2.45, 2.75) is 59.6 Å². The fraction of sp³-hybridized carbons (Fsp3) is 0.917. The van der Waals surface area contributed by atoms with Gasteiger partial charge >= 0.3 is 5.97 Å². The molecule has 0 aromatic rings. The van der Waals surface area contributed by atoms with Crippen molar-refractivity contribution in [3.8, 4) is 0 Å². The number of carbonyl (C=O) groups is 1. The van der Waals surface area contributed by atoms with Crippen molar-refractivity contribution in [3.05, 3.63) is 0 Å². The van der Waals surface area contributed by atoms with Crippen LogP contribution in [0.5, 0.6) is 0 Å². The average Bonchev–Trinajstić information content (AvgIpc) is 2.00. The molecule has 0 aromatic heterocycles. The highest BCUT2D eigenvalue weighted by Gasteiger charge is 2.16. The van der Waals surface area contributed by atoms with Gasteiger partial charge in [0.05, 0.1) is 6.42 Å². The van der Waals surface area contributed by atoms with Gasteiger partial charge in [-0.3, -0.25) is 4.79 Å². The normalized spacial score (nSPS) is 14.1. The standard InChI is InChI=1S/C12H25NO2/c1-9(2)10(3)13-8-7-11(14)15-12(4,5)6/h9-10,13H,7-8H2,1-6H3. The van der Waals surface area contributed by atoms with Gasteiger partial charge in [0.25, 0.3) is 0 Å². The highest BCUT2D eigenvalue weighted by atomic mass is 16.6. The van der Waals surface area contributed by atoms with Crippen molar-refractivity contribution in [2.75, 3.05) is 6.54 Å². The summed E-state index contributed by atoms with van der Waals surface area (Å²) < 4.78 is 5.20. The zero-order valence-electron chi connectivity index (χ0n) is 10.9. The molecule has 0 radical (unpaired) electrons. The van der Waals surface area contributed by atoms with Crippen LogP contribution in [0, 0.1) is 5.92 Å². The van der Waals surface area contributed by atoms with Gasteiger partial charge in [-0.2, -0.15) is 0 Å². The molecule has 0 amide bonds. The monoisotopic (exact) mass is 215 g/mol. The maximum atomic E-state index is 11.3. The predicted molar refractivity (Wildman–Crippen MR) is 62.8 cm³/mol. The summed E-state index contributed by atoms with van der Waals surface area (Å²) >= 11 is 0. The van der Waals surface area contributed by atoms with E-state index in [2.05, 4.69) is 26.1 Å². The van der Waals surface area contributed by atoms with Gasteiger partial charge in [0.2, 0.25) is 0 Å². The second-order valence-electron chi connectivity index (χ2n) is 5.32. The molecule has 0 saturated carbocycles. The molecule has 0 aliphatic rings. The molecule has 90 valence electrons. The van der Waals surface area contributed by atoms with E-state index in [-0.39, 0.29) is 11.6 Å². The van der Waals surface area contributed by atoms with E-state index in [1.54, 1.807) is 0 Å². The number of hydrogen-bond donors (Lipinski definition) is 1.